The molecule has 0 bridgehead atoms. The molecule has 144 valence electrons. The van der Waals surface area contributed by atoms with Crippen molar-refractivity contribution in [1.29, 1.82) is 0 Å². The van der Waals surface area contributed by atoms with Crippen LogP contribution in [0.5, 0.6) is 5.88 Å². The summed E-state index contributed by atoms with van der Waals surface area (Å²) in [5.41, 5.74) is 0.990. The second kappa shape index (κ2) is 13.4. The number of nitrogens with zero attached hydrogens (tertiary/aromatic N) is 4. The molecule has 8 heteroatoms. The van der Waals surface area contributed by atoms with Gasteiger partial charge in [-0.15, -0.1) is 24.0 Å². The first-order chi connectivity index (χ1) is 12.3. The molecule has 2 heterocycles. The molecular formula is C18H29IN6O. The fourth-order valence-corrected chi connectivity index (χ4v) is 2.26. The number of aryl methyl sites for hydroxylation is 1. The van der Waals surface area contributed by atoms with Crippen LogP contribution in [0.15, 0.2) is 41.8 Å². The SMILES string of the molecule is CCCOc1ncccc1CN=C(NCC)NCCCn1cccn1.I. The van der Waals surface area contributed by atoms with E-state index in [4.69, 9.17) is 4.74 Å². The summed E-state index contributed by atoms with van der Waals surface area (Å²) >= 11 is 0. The Labute approximate surface area is 172 Å². The molecule has 0 aromatic carbocycles. The van der Waals surface area contributed by atoms with Crippen LogP contribution in [0.4, 0.5) is 0 Å². The van der Waals surface area contributed by atoms with Gasteiger partial charge in [-0.25, -0.2) is 9.98 Å². The second-order valence-electron chi connectivity index (χ2n) is 5.56. The number of pyridine rings is 1. The van der Waals surface area contributed by atoms with E-state index in [9.17, 15) is 0 Å². The van der Waals surface area contributed by atoms with Crippen LogP contribution in [-0.2, 0) is 13.1 Å². The molecule has 2 aromatic heterocycles. The van der Waals surface area contributed by atoms with Crippen molar-refractivity contribution >= 4 is 29.9 Å². The maximum absolute atomic E-state index is 5.69. The van der Waals surface area contributed by atoms with Crippen molar-refractivity contribution < 1.29 is 4.74 Å². The molecule has 0 unspecified atom stereocenters. The van der Waals surface area contributed by atoms with Crippen molar-refractivity contribution in [2.75, 3.05) is 19.7 Å². The summed E-state index contributed by atoms with van der Waals surface area (Å²) in [7, 11) is 0. The molecule has 2 N–H and O–H groups in total. The van der Waals surface area contributed by atoms with Crippen LogP contribution in [0.3, 0.4) is 0 Å². The highest BCUT2D eigenvalue weighted by Crippen LogP contribution is 2.15. The molecule has 26 heavy (non-hydrogen) atoms. The number of ether oxygens (including phenoxy) is 1. The van der Waals surface area contributed by atoms with E-state index in [1.165, 1.54) is 0 Å². The zero-order valence-corrected chi connectivity index (χ0v) is 17.8. The van der Waals surface area contributed by atoms with Gasteiger partial charge in [0.2, 0.25) is 5.88 Å². The number of aliphatic imine (C=N–C) groups is 1. The Morgan fingerprint density at radius 2 is 2.12 bits per heavy atom. The lowest BCUT2D eigenvalue weighted by Gasteiger charge is -2.12. The van der Waals surface area contributed by atoms with Crippen LogP contribution in [-0.4, -0.2) is 40.4 Å². The molecule has 0 saturated heterocycles. The van der Waals surface area contributed by atoms with Gasteiger partial charge in [-0.3, -0.25) is 4.68 Å². The molecule has 0 aliphatic rings. The third-order valence-corrected chi connectivity index (χ3v) is 3.46. The number of hydrogen-bond acceptors (Lipinski definition) is 4. The molecule has 7 nitrogen and oxygen atoms in total. The first-order valence-electron chi connectivity index (χ1n) is 8.89. The van der Waals surface area contributed by atoms with Crippen LogP contribution in [0.25, 0.3) is 0 Å². The third kappa shape index (κ3) is 8.03. The molecule has 0 radical (unpaired) electrons. The molecule has 0 fully saturated rings. The summed E-state index contributed by atoms with van der Waals surface area (Å²) in [5, 5.41) is 10.8. The Balaban J connectivity index is 0.00000338. The van der Waals surface area contributed by atoms with E-state index in [2.05, 4.69) is 39.6 Å². The van der Waals surface area contributed by atoms with Gasteiger partial charge in [-0.2, -0.15) is 5.10 Å². The van der Waals surface area contributed by atoms with Gasteiger partial charge in [0.15, 0.2) is 5.96 Å². The maximum Gasteiger partial charge on any atom is 0.218 e. The van der Waals surface area contributed by atoms with E-state index < -0.39 is 0 Å². The maximum atomic E-state index is 5.69. The van der Waals surface area contributed by atoms with Crippen LogP contribution in [0.1, 0.15) is 32.3 Å². The number of rotatable bonds is 10. The monoisotopic (exact) mass is 472 g/mol. The topological polar surface area (TPSA) is 76.4 Å². The summed E-state index contributed by atoms with van der Waals surface area (Å²) < 4.78 is 7.62. The van der Waals surface area contributed by atoms with Gasteiger partial charge in [0, 0.05) is 43.8 Å². The van der Waals surface area contributed by atoms with E-state index in [0.29, 0.717) is 19.0 Å². The molecule has 0 amide bonds. The van der Waals surface area contributed by atoms with Crippen molar-refractivity contribution in [3.63, 3.8) is 0 Å². The molecule has 0 spiro atoms. The lowest BCUT2D eigenvalue weighted by atomic mass is 10.3. The highest BCUT2D eigenvalue weighted by molar-refractivity contribution is 14.0. The lowest BCUT2D eigenvalue weighted by molar-refractivity contribution is 0.302. The van der Waals surface area contributed by atoms with Gasteiger partial charge >= 0.3 is 0 Å². The minimum atomic E-state index is 0. The Bertz CT molecular complexity index is 632. The second-order valence-corrected chi connectivity index (χ2v) is 5.56. The smallest absolute Gasteiger partial charge is 0.218 e. The number of nitrogens with one attached hydrogen (secondary N) is 2. The van der Waals surface area contributed by atoms with Crippen molar-refractivity contribution in [3.05, 3.63) is 42.4 Å². The largest absolute Gasteiger partial charge is 0.477 e. The van der Waals surface area contributed by atoms with E-state index in [0.717, 1.165) is 44.0 Å². The Hall–Kier alpha value is -1.84. The fraction of sp³-hybridized carbons (Fsp3) is 0.500. The van der Waals surface area contributed by atoms with Gasteiger partial charge in [0.1, 0.15) is 0 Å². The van der Waals surface area contributed by atoms with Crippen LogP contribution < -0.4 is 15.4 Å². The quantitative estimate of drug-likeness (QED) is 0.241. The van der Waals surface area contributed by atoms with Crippen LogP contribution in [0, 0.1) is 0 Å². The predicted molar refractivity (Wildman–Crippen MR) is 115 cm³/mol. The van der Waals surface area contributed by atoms with Crippen molar-refractivity contribution in [3.8, 4) is 5.88 Å². The van der Waals surface area contributed by atoms with E-state index in [-0.39, 0.29) is 24.0 Å². The van der Waals surface area contributed by atoms with Gasteiger partial charge in [-0.05, 0) is 31.9 Å². The molecule has 0 saturated carbocycles. The van der Waals surface area contributed by atoms with Gasteiger partial charge in [0.05, 0.1) is 13.2 Å². The zero-order valence-electron chi connectivity index (χ0n) is 15.5. The first-order valence-corrected chi connectivity index (χ1v) is 8.89. The number of guanidine groups is 1. The summed E-state index contributed by atoms with van der Waals surface area (Å²) in [4.78, 5) is 8.94. The Morgan fingerprint density at radius 3 is 2.85 bits per heavy atom. The summed E-state index contributed by atoms with van der Waals surface area (Å²) in [5.74, 6) is 1.47. The Morgan fingerprint density at radius 1 is 1.23 bits per heavy atom. The Kier molecular flexibility index (Phi) is 11.4. The predicted octanol–water partition coefficient (Wildman–Crippen LogP) is 2.83. The third-order valence-electron chi connectivity index (χ3n) is 3.46. The average Bonchev–Trinajstić information content (AvgIpc) is 3.15. The zero-order chi connectivity index (χ0) is 17.7. The standard InChI is InChI=1S/C18H28N6O.HI/c1-3-14-25-17-16(8-5-9-20-17)15-22-18(19-4-2)21-10-6-12-24-13-7-11-23-24;/h5,7-9,11,13H,3-4,6,10,12,14-15H2,1-2H3,(H2,19,21,22);1H. The fourth-order valence-electron chi connectivity index (χ4n) is 2.26. The highest BCUT2D eigenvalue weighted by atomic mass is 127. The van der Waals surface area contributed by atoms with E-state index >= 15 is 0 Å². The molecule has 2 rings (SSSR count). The summed E-state index contributed by atoms with van der Waals surface area (Å²) in [6.45, 7) is 7.87. The molecular weight excluding hydrogens is 443 g/mol. The van der Waals surface area contributed by atoms with Gasteiger partial charge in [-0.1, -0.05) is 13.0 Å². The van der Waals surface area contributed by atoms with Gasteiger partial charge in [0.25, 0.3) is 0 Å². The molecule has 0 aliphatic carbocycles. The van der Waals surface area contributed by atoms with Crippen LogP contribution in [0.2, 0.25) is 0 Å². The number of aromatic nitrogens is 3. The van der Waals surface area contributed by atoms with Crippen LogP contribution >= 0.6 is 24.0 Å². The van der Waals surface area contributed by atoms with E-state index in [1.54, 1.807) is 12.4 Å². The molecule has 0 atom stereocenters. The lowest BCUT2D eigenvalue weighted by Crippen LogP contribution is -2.38. The summed E-state index contributed by atoms with van der Waals surface area (Å²) in [6.07, 6.45) is 7.45. The average molecular weight is 472 g/mol. The van der Waals surface area contributed by atoms with E-state index in [1.807, 2.05) is 29.1 Å². The van der Waals surface area contributed by atoms with Crippen molar-refractivity contribution in [2.45, 2.75) is 39.8 Å². The highest BCUT2D eigenvalue weighted by Gasteiger charge is 2.05. The first kappa shape index (κ1) is 22.2. The van der Waals surface area contributed by atoms with Gasteiger partial charge < -0.3 is 15.4 Å². The summed E-state index contributed by atoms with van der Waals surface area (Å²) in [6, 6.07) is 5.85. The minimum absolute atomic E-state index is 0. The molecule has 0 aliphatic heterocycles. The molecule has 2 aromatic rings. The van der Waals surface area contributed by atoms with Crippen molar-refractivity contribution in [1.82, 2.24) is 25.4 Å². The minimum Gasteiger partial charge on any atom is -0.477 e. The number of halogens is 1. The van der Waals surface area contributed by atoms with Crippen molar-refractivity contribution in [2.24, 2.45) is 4.99 Å². The number of hydrogen-bond donors (Lipinski definition) is 2. The normalized spacial score (nSPS) is 10.9.